The van der Waals surface area contributed by atoms with Gasteiger partial charge in [-0.25, -0.2) is 0 Å². The number of rotatable bonds is 7. The Hall–Kier alpha value is -1.55. The van der Waals surface area contributed by atoms with E-state index < -0.39 is 0 Å². The van der Waals surface area contributed by atoms with Crippen LogP contribution in [0.15, 0.2) is 24.3 Å². The van der Waals surface area contributed by atoms with Crippen molar-refractivity contribution in [2.24, 2.45) is 11.8 Å². The number of piperidine rings is 1. The van der Waals surface area contributed by atoms with Gasteiger partial charge < -0.3 is 15.0 Å². The summed E-state index contributed by atoms with van der Waals surface area (Å²) in [4.78, 5) is 13.8. The Morgan fingerprint density at radius 3 is 2.48 bits per heavy atom. The van der Waals surface area contributed by atoms with Gasteiger partial charge in [0, 0.05) is 30.9 Å². The highest BCUT2D eigenvalue weighted by Crippen LogP contribution is 2.12. The number of hydrogen-bond acceptors (Lipinski definition) is 2. The number of carbonyl (C=O) groups excluding carboxylic acids is 1. The Morgan fingerprint density at radius 1 is 1.26 bits per heavy atom. The van der Waals surface area contributed by atoms with Crippen LogP contribution in [0, 0.1) is 11.8 Å². The molecule has 1 aromatic carbocycles. The molecule has 0 unspecified atom stereocenters. The molecule has 4 nitrogen and oxygen atoms in total. The van der Waals surface area contributed by atoms with Crippen LogP contribution in [0.25, 0.3) is 0 Å². The molecule has 0 aliphatic carbocycles. The van der Waals surface area contributed by atoms with Crippen LogP contribution in [0.3, 0.4) is 0 Å². The molecule has 0 bridgehead atoms. The summed E-state index contributed by atoms with van der Waals surface area (Å²) in [6.07, 6.45) is 3.06. The molecule has 23 heavy (non-hydrogen) atoms. The summed E-state index contributed by atoms with van der Waals surface area (Å²) in [5.74, 6) is 2.02. The average Bonchev–Trinajstić information content (AvgIpc) is 2.56. The maximum absolute atomic E-state index is 12.2. The van der Waals surface area contributed by atoms with Gasteiger partial charge in [0.2, 0.25) is 5.91 Å². The number of carbonyl (C=O) groups is 1. The molecular weight excluding hydrogens is 288 g/mol. The van der Waals surface area contributed by atoms with Gasteiger partial charge in [0.25, 0.3) is 0 Å². The van der Waals surface area contributed by atoms with Gasteiger partial charge in [0.05, 0.1) is 20.2 Å². The number of amides is 1. The van der Waals surface area contributed by atoms with Crippen molar-refractivity contribution in [1.29, 1.82) is 0 Å². The van der Waals surface area contributed by atoms with Crippen molar-refractivity contribution in [1.82, 2.24) is 5.32 Å². The minimum atomic E-state index is 0.210. The molecule has 0 atom stereocenters. The largest absolute Gasteiger partial charge is 0.497 e. The minimum absolute atomic E-state index is 0.210. The lowest BCUT2D eigenvalue weighted by molar-refractivity contribution is -0.919. The Balaban J connectivity index is 1.71. The van der Waals surface area contributed by atoms with E-state index in [-0.39, 0.29) is 11.8 Å². The molecule has 0 saturated carbocycles. The number of quaternary nitrogens is 1. The smallest absolute Gasteiger partial charge is 0.223 e. The molecule has 1 aliphatic heterocycles. The van der Waals surface area contributed by atoms with Gasteiger partial charge in [0.1, 0.15) is 12.3 Å². The fraction of sp³-hybridized carbons (Fsp3) is 0.632. The molecule has 4 heteroatoms. The summed E-state index contributed by atoms with van der Waals surface area (Å²) in [6.45, 7) is 8.38. The van der Waals surface area contributed by atoms with Crippen LogP contribution in [-0.2, 0) is 11.3 Å². The molecule has 1 amide bonds. The van der Waals surface area contributed by atoms with E-state index in [0.29, 0.717) is 5.92 Å². The van der Waals surface area contributed by atoms with E-state index in [1.807, 2.05) is 12.1 Å². The van der Waals surface area contributed by atoms with Gasteiger partial charge in [-0.1, -0.05) is 13.8 Å². The fourth-order valence-electron chi connectivity index (χ4n) is 3.13. The third-order valence-electron chi connectivity index (χ3n) is 4.70. The maximum atomic E-state index is 12.2. The summed E-state index contributed by atoms with van der Waals surface area (Å²) in [7, 11) is 1.69. The molecule has 1 aliphatic rings. The van der Waals surface area contributed by atoms with Crippen molar-refractivity contribution in [3.8, 4) is 5.75 Å². The van der Waals surface area contributed by atoms with E-state index >= 15 is 0 Å². The van der Waals surface area contributed by atoms with Crippen molar-refractivity contribution in [2.75, 3.05) is 26.7 Å². The second-order valence-electron chi connectivity index (χ2n) is 7.02. The van der Waals surface area contributed by atoms with E-state index in [2.05, 4.69) is 31.3 Å². The van der Waals surface area contributed by atoms with Crippen LogP contribution in [0.1, 0.15) is 38.7 Å². The summed E-state index contributed by atoms with van der Waals surface area (Å²) < 4.78 is 5.20. The highest BCUT2D eigenvalue weighted by atomic mass is 16.5. The molecule has 0 aromatic heterocycles. The van der Waals surface area contributed by atoms with E-state index in [1.54, 1.807) is 12.0 Å². The van der Waals surface area contributed by atoms with Crippen LogP contribution in [-0.4, -0.2) is 32.7 Å². The molecule has 0 radical (unpaired) electrons. The average molecular weight is 319 g/mol. The Labute approximate surface area is 140 Å². The van der Waals surface area contributed by atoms with Gasteiger partial charge in [-0.2, -0.15) is 0 Å². The molecule has 1 aromatic rings. The van der Waals surface area contributed by atoms with Crippen LogP contribution in [0.2, 0.25) is 0 Å². The Kier molecular flexibility index (Phi) is 6.90. The van der Waals surface area contributed by atoms with Crippen molar-refractivity contribution in [2.45, 2.75) is 39.7 Å². The zero-order valence-corrected chi connectivity index (χ0v) is 14.7. The topological polar surface area (TPSA) is 42.8 Å². The minimum Gasteiger partial charge on any atom is -0.497 e. The molecule has 2 N–H and O–H groups in total. The molecule has 128 valence electrons. The predicted molar refractivity (Wildman–Crippen MR) is 92.6 cm³/mol. The van der Waals surface area contributed by atoms with Gasteiger partial charge >= 0.3 is 0 Å². The monoisotopic (exact) mass is 319 g/mol. The zero-order valence-electron chi connectivity index (χ0n) is 14.7. The number of nitrogens with one attached hydrogen (secondary N) is 2. The van der Waals surface area contributed by atoms with E-state index in [0.717, 1.165) is 51.2 Å². The first-order chi connectivity index (χ1) is 11.1. The second-order valence-corrected chi connectivity index (χ2v) is 7.02. The lowest BCUT2D eigenvalue weighted by Crippen LogP contribution is -3.11. The zero-order chi connectivity index (χ0) is 16.7. The fourth-order valence-corrected chi connectivity index (χ4v) is 3.13. The first kappa shape index (κ1) is 17.8. The van der Waals surface area contributed by atoms with Gasteiger partial charge in [-0.05, 0) is 36.6 Å². The van der Waals surface area contributed by atoms with E-state index in [1.165, 1.54) is 5.56 Å². The van der Waals surface area contributed by atoms with Gasteiger partial charge in [-0.15, -0.1) is 0 Å². The van der Waals surface area contributed by atoms with Crippen molar-refractivity contribution in [3.63, 3.8) is 0 Å². The summed E-state index contributed by atoms with van der Waals surface area (Å²) >= 11 is 0. The SMILES string of the molecule is COc1ccc(C[NH+]2CCC(C(=O)NCCC(C)C)CC2)cc1. The van der Waals surface area contributed by atoms with Crippen LogP contribution < -0.4 is 15.0 Å². The Bertz CT molecular complexity index is 477. The third kappa shape index (κ3) is 5.87. The molecule has 1 fully saturated rings. The first-order valence-electron chi connectivity index (χ1n) is 8.82. The van der Waals surface area contributed by atoms with E-state index in [4.69, 9.17) is 4.74 Å². The third-order valence-corrected chi connectivity index (χ3v) is 4.70. The number of methoxy groups -OCH3 is 1. The Morgan fingerprint density at radius 2 is 1.91 bits per heavy atom. The number of benzene rings is 1. The molecule has 1 heterocycles. The maximum Gasteiger partial charge on any atom is 0.223 e. The van der Waals surface area contributed by atoms with Gasteiger partial charge in [0.15, 0.2) is 0 Å². The highest BCUT2D eigenvalue weighted by Gasteiger charge is 2.27. The van der Waals surface area contributed by atoms with Crippen molar-refractivity contribution < 1.29 is 14.4 Å². The van der Waals surface area contributed by atoms with Crippen LogP contribution in [0.5, 0.6) is 5.75 Å². The lowest BCUT2D eigenvalue weighted by Gasteiger charge is -2.28. The summed E-state index contributed by atoms with van der Waals surface area (Å²) in [5.41, 5.74) is 1.33. The van der Waals surface area contributed by atoms with Crippen LogP contribution >= 0.6 is 0 Å². The predicted octanol–water partition coefficient (Wildman–Crippen LogP) is 1.65. The normalized spacial score (nSPS) is 21.2. The van der Waals surface area contributed by atoms with Crippen molar-refractivity contribution >= 4 is 5.91 Å². The lowest BCUT2D eigenvalue weighted by atomic mass is 9.95. The number of likely N-dealkylation sites (tertiary alicyclic amines) is 1. The number of hydrogen-bond donors (Lipinski definition) is 2. The quantitative estimate of drug-likeness (QED) is 0.802. The van der Waals surface area contributed by atoms with Gasteiger partial charge in [-0.3, -0.25) is 4.79 Å². The summed E-state index contributed by atoms with van der Waals surface area (Å²) in [5, 5.41) is 3.10. The van der Waals surface area contributed by atoms with E-state index in [9.17, 15) is 4.79 Å². The second kappa shape index (κ2) is 8.92. The number of ether oxygens (including phenoxy) is 1. The highest BCUT2D eigenvalue weighted by molar-refractivity contribution is 5.78. The molecule has 1 saturated heterocycles. The molecule has 2 rings (SSSR count). The standard InChI is InChI=1S/C19H30N2O2/c1-15(2)8-11-20-19(22)17-9-12-21(13-10-17)14-16-4-6-18(23-3)7-5-16/h4-7,15,17H,8-14H2,1-3H3,(H,20,22)/p+1. The first-order valence-corrected chi connectivity index (χ1v) is 8.82. The molecule has 0 spiro atoms. The summed E-state index contributed by atoms with van der Waals surface area (Å²) in [6, 6.07) is 8.31. The van der Waals surface area contributed by atoms with Crippen LogP contribution in [0.4, 0.5) is 0 Å². The molecular formula is C19H31N2O2+. The van der Waals surface area contributed by atoms with Crippen molar-refractivity contribution in [3.05, 3.63) is 29.8 Å².